The van der Waals surface area contributed by atoms with E-state index in [9.17, 15) is 8.78 Å². The summed E-state index contributed by atoms with van der Waals surface area (Å²) in [6.45, 7) is 2.88. The molecule has 0 amide bonds. The number of aromatic nitrogens is 1. The summed E-state index contributed by atoms with van der Waals surface area (Å²) in [5.74, 6) is -0.574. The fourth-order valence-corrected chi connectivity index (χ4v) is 2.53. The Hall–Kier alpha value is -1.39. The van der Waals surface area contributed by atoms with Crippen LogP contribution in [-0.4, -0.2) is 11.5 Å². The summed E-state index contributed by atoms with van der Waals surface area (Å²) in [5, 5.41) is 2.95. The zero-order chi connectivity index (χ0) is 13.1. The van der Waals surface area contributed by atoms with Crippen molar-refractivity contribution < 1.29 is 8.78 Å². The van der Waals surface area contributed by atoms with Crippen LogP contribution in [0.25, 0.3) is 0 Å². The maximum atomic E-state index is 13.5. The van der Waals surface area contributed by atoms with E-state index in [0.29, 0.717) is 18.4 Å². The van der Waals surface area contributed by atoms with Gasteiger partial charge >= 0.3 is 0 Å². The molecule has 1 aromatic rings. The normalized spacial score (nSPS) is 23.9. The van der Waals surface area contributed by atoms with Crippen molar-refractivity contribution in [1.29, 1.82) is 0 Å². The number of nitrogens with one attached hydrogen (secondary N) is 1. The quantitative estimate of drug-likeness (QED) is 0.872. The molecule has 3 N–H and O–H groups in total. The van der Waals surface area contributed by atoms with Gasteiger partial charge in [-0.2, -0.15) is 0 Å². The Balaban J connectivity index is 1.99. The van der Waals surface area contributed by atoms with E-state index in [0.717, 1.165) is 12.5 Å². The standard InChI is InChI=1S/C13H19F2N3/c1-8-4-2-3-5-9(8)7-17-13-11(15)6-10(14)12(16)18-13/h6,8-9H,2-5,7H2,1H3,(H3,16,17,18). The fraction of sp³-hybridized carbons (Fsp3) is 0.615. The van der Waals surface area contributed by atoms with Gasteiger partial charge in [0.15, 0.2) is 23.3 Å². The number of anilines is 2. The highest BCUT2D eigenvalue weighted by Crippen LogP contribution is 2.29. The molecule has 5 heteroatoms. The van der Waals surface area contributed by atoms with Crippen molar-refractivity contribution in [3.8, 4) is 0 Å². The molecule has 2 atom stereocenters. The van der Waals surface area contributed by atoms with Gasteiger partial charge in [-0.1, -0.05) is 26.2 Å². The van der Waals surface area contributed by atoms with Gasteiger partial charge in [-0.15, -0.1) is 0 Å². The molecule has 1 aliphatic rings. The van der Waals surface area contributed by atoms with E-state index >= 15 is 0 Å². The Morgan fingerprint density at radius 2 is 2.06 bits per heavy atom. The molecule has 100 valence electrons. The summed E-state index contributed by atoms with van der Waals surface area (Å²) in [4.78, 5) is 3.70. The van der Waals surface area contributed by atoms with Crippen LogP contribution in [0.4, 0.5) is 20.4 Å². The van der Waals surface area contributed by atoms with Crippen LogP contribution in [0.5, 0.6) is 0 Å². The maximum absolute atomic E-state index is 13.5. The molecule has 2 rings (SSSR count). The zero-order valence-corrected chi connectivity index (χ0v) is 10.5. The highest BCUT2D eigenvalue weighted by molar-refractivity contribution is 5.44. The van der Waals surface area contributed by atoms with Crippen molar-refractivity contribution in [1.82, 2.24) is 4.98 Å². The van der Waals surface area contributed by atoms with Crippen molar-refractivity contribution in [2.45, 2.75) is 32.6 Å². The number of halogens is 2. The van der Waals surface area contributed by atoms with E-state index < -0.39 is 11.6 Å². The van der Waals surface area contributed by atoms with Crippen LogP contribution >= 0.6 is 0 Å². The topological polar surface area (TPSA) is 50.9 Å². The number of nitrogens with zero attached hydrogens (tertiary/aromatic N) is 1. The second-order valence-electron chi connectivity index (χ2n) is 5.09. The number of nitrogen functional groups attached to an aromatic ring is 1. The van der Waals surface area contributed by atoms with Crippen LogP contribution in [0.3, 0.4) is 0 Å². The molecule has 18 heavy (non-hydrogen) atoms. The molecule has 0 radical (unpaired) electrons. The van der Waals surface area contributed by atoms with Gasteiger partial charge in [-0.05, 0) is 18.3 Å². The second kappa shape index (κ2) is 5.50. The molecule has 0 aliphatic heterocycles. The molecule has 3 nitrogen and oxygen atoms in total. The summed E-state index contributed by atoms with van der Waals surface area (Å²) >= 11 is 0. The van der Waals surface area contributed by atoms with E-state index in [2.05, 4.69) is 17.2 Å². The molecule has 0 bridgehead atoms. The number of hydrogen-bond donors (Lipinski definition) is 2. The second-order valence-corrected chi connectivity index (χ2v) is 5.09. The zero-order valence-electron chi connectivity index (χ0n) is 10.5. The minimum atomic E-state index is -0.816. The van der Waals surface area contributed by atoms with Gasteiger partial charge in [0.2, 0.25) is 0 Å². The average molecular weight is 255 g/mol. The van der Waals surface area contributed by atoms with E-state index in [-0.39, 0.29) is 11.6 Å². The summed E-state index contributed by atoms with van der Waals surface area (Å²) in [6.07, 6.45) is 4.85. The lowest BCUT2D eigenvalue weighted by atomic mass is 9.80. The minimum Gasteiger partial charge on any atom is -0.381 e. The third-order valence-electron chi connectivity index (χ3n) is 3.78. The molecule has 1 heterocycles. The van der Waals surface area contributed by atoms with Crippen LogP contribution < -0.4 is 11.1 Å². The maximum Gasteiger partial charge on any atom is 0.168 e. The van der Waals surface area contributed by atoms with Gasteiger partial charge in [0.1, 0.15) is 0 Å². The number of rotatable bonds is 3. The van der Waals surface area contributed by atoms with Crippen molar-refractivity contribution >= 4 is 11.6 Å². The van der Waals surface area contributed by atoms with Gasteiger partial charge in [0.25, 0.3) is 0 Å². The van der Waals surface area contributed by atoms with E-state index in [1.165, 1.54) is 19.3 Å². The third kappa shape index (κ3) is 2.89. The minimum absolute atomic E-state index is 0.0478. The molecule has 0 spiro atoms. The summed E-state index contributed by atoms with van der Waals surface area (Å²) in [5.41, 5.74) is 5.33. The van der Waals surface area contributed by atoms with Gasteiger partial charge < -0.3 is 11.1 Å². The third-order valence-corrected chi connectivity index (χ3v) is 3.78. The monoisotopic (exact) mass is 255 g/mol. The molecule has 1 aliphatic carbocycles. The summed E-state index contributed by atoms with van der Waals surface area (Å²) < 4.78 is 26.4. The summed E-state index contributed by atoms with van der Waals surface area (Å²) in [6, 6.07) is 0.773. The molecule has 1 fully saturated rings. The molecule has 1 saturated carbocycles. The first-order chi connectivity index (χ1) is 8.58. The van der Waals surface area contributed by atoms with Gasteiger partial charge in [0.05, 0.1) is 0 Å². The van der Waals surface area contributed by atoms with Crippen molar-refractivity contribution in [2.24, 2.45) is 11.8 Å². The molecular weight excluding hydrogens is 236 g/mol. The van der Waals surface area contributed by atoms with Crippen molar-refractivity contribution in [3.05, 3.63) is 17.7 Å². The predicted molar refractivity (Wildman–Crippen MR) is 68.2 cm³/mol. The lowest BCUT2D eigenvalue weighted by Crippen LogP contribution is -2.25. The summed E-state index contributed by atoms with van der Waals surface area (Å²) in [7, 11) is 0. The average Bonchev–Trinajstić information content (AvgIpc) is 2.34. The molecular formula is C13H19F2N3. The predicted octanol–water partition coefficient (Wildman–Crippen LogP) is 3.18. The van der Waals surface area contributed by atoms with Crippen LogP contribution in [-0.2, 0) is 0 Å². The van der Waals surface area contributed by atoms with Crippen molar-refractivity contribution in [2.75, 3.05) is 17.6 Å². The van der Waals surface area contributed by atoms with Gasteiger partial charge in [-0.25, -0.2) is 13.8 Å². The Labute approximate surface area is 106 Å². The van der Waals surface area contributed by atoms with Crippen LogP contribution in [0, 0.1) is 23.5 Å². The Kier molecular flexibility index (Phi) is 3.99. The van der Waals surface area contributed by atoms with Gasteiger partial charge in [0, 0.05) is 12.6 Å². The first-order valence-electron chi connectivity index (χ1n) is 6.43. The first kappa shape index (κ1) is 13.1. The molecule has 0 aromatic carbocycles. The van der Waals surface area contributed by atoms with Crippen LogP contribution in [0.2, 0.25) is 0 Å². The Morgan fingerprint density at radius 3 is 2.78 bits per heavy atom. The van der Waals surface area contributed by atoms with E-state index in [1.54, 1.807) is 0 Å². The lowest BCUT2D eigenvalue weighted by molar-refractivity contribution is 0.268. The van der Waals surface area contributed by atoms with E-state index in [1.807, 2.05) is 0 Å². The smallest absolute Gasteiger partial charge is 0.168 e. The highest BCUT2D eigenvalue weighted by Gasteiger charge is 2.21. The first-order valence-corrected chi connectivity index (χ1v) is 6.43. The van der Waals surface area contributed by atoms with Crippen LogP contribution in [0.15, 0.2) is 6.07 Å². The van der Waals surface area contributed by atoms with Crippen LogP contribution in [0.1, 0.15) is 32.6 Å². The number of pyridine rings is 1. The highest BCUT2D eigenvalue weighted by atomic mass is 19.1. The molecule has 1 aromatic heterocycles. The Bertz CT molecular complexity index is 423. The number of hydrogen-bond acceptors (Lipinski definition) is 3. The SMILES string of the molecule is CC1CCCCC1CNc1nc(N)c(F)cc1F. The van der Waals surface area contributed by atoms with E-state index in [4.69, 9.17) is 5.73 Å². The Morgan fingerprint density at radius 1 is 1.33 bits per heavy atom. The lowest BCUT2D eigenvalue weighted by Gasteiger charge is -2.29. The molecule has 0 saturated heterocycles. The number of nitrogens with two attached hydrogens (primary N) is 1. The fourth-order valence-electron chi connectivity index (χ4n) is 2.53. The molecule has 2 unspecified atom stereocenters. The largest absolute Gasteiger partial charge is 0.381 e. The van der Waals surface area contributed by atoms with Crippen molar-refractivity contribution in [3.63, 3.8) is 0 Å². The van der Waals surface area contributed by atoms with Gasteiger partial charge in [-0.3, -0.25) is 0 Å².